The third-order valence-electron chi connectivity index (χ3n) is 7.01. The van der Waals surface area contributed by atoms with Gasteiger partial charge in [0.05, 0.1) is 11.7 Å². The van der Waals surface area contributed by atoms with E-state index in [1.54, 1.807) is 5.57 Å². The van der Waals surface area contributed by atoms with Gasteiger partial charge in [0, 0.05) is 25.7 Å². The zero-order valence-corrected chi connectivity index (χ0v) is 16.8. The number of hydrogen-bond donors (Lipinski definition) is 1. The van der Waals surface area contributed by atoms with Gasteiger partial charge in [0.1, 0.15) is 0 Å². The third-order valence-corrected chi connectivity index (χ3v) is 7.01. The lowest BCUT2D eigenvalue weighted by Gasteiger charge is -2.40. The van der Waals surface area contributed by atoms with Crippen molar-refractivity contribution in [3.63, 3.8) is 0 Å². The molecule has 2 aliphatic carbocycles. The molecule has 0 spiro atoms. The standard InChI is InChI=1S/C24H35NO2/c1-2-27-23-10-14-24(26,15-11-23)21-8-6-19(7-9-21)18-20-12-16-25(17-13-20)22-4-3-5-22/h6-9,18,22-23,26H,2-5,10-17H2,1H3. The summed E-state index contributed by atoms with van der Waals surface area (Å²) in [7, 11) is 0. The fraction of sp³-hybridized carbons (Fsp3) is 0.667. The number of ether oxygens (including phenoxy) is 1. The number of likely N-dealkylation sites (tertiary alicyclic amines) is 1. The predicted molar refractivity (Wildman–Crippen MR) is 111 cm³/mol. The largest absolute Gasteiger partial charge is 0.385 e. The van der Waals surface area contributed by atoms with E-state index < -0.39 is 5.60 Å². The van der Waals surface area contributed by atoms with Crippen LogP contribution < -0.4 is 0 Å². The van der Waals surface area contributed by atoms with Gasteiger partial charge in [-0.15, -0.1) is 0 Å². The molecule has 2 saturated carbocycles. The first-order valence-corrected chi connectivity index (χ1v) is 11.0. The minimum absolute atomic E-state index is 0.324. The minimum Gasteiger partial charge on any atom is -0.385 e. The first-order valence-electron chi connectivity index (χ1n) is 11.0. The maximum absolute atomic E-state index is 11.1. The lowest BCUT2D eigenvalue weighted by molar-refractivity contribution is -0.0569. The normalized spacial score (nSPS) is 30.1. The van der Waals surface area contributed by atoms with Crippen LogP contribution in [0.2, 0.25) is 0 Å². The summed E-state index contributed by atoms with van der Waals surface area (Å²) < 4.78 is 5.73. The van der Waals surface area contributed by atoms with Crippen molar-refractivity contribution in [2.75, 3.05) is 19.7 Å². The number of benzene rings is 1. The number of nitrogens with zero attached hydrogens (tertiary/aromatic N) is 1. The monoisotopic (exact) mass is 369 g/mol. The SMILES string of the molecule is CCOC1CCC(O)(c2ccc(C=C3CCN(C4CCC4)CC3)cc2)CC1. The maximum atomic E-state index is 11.1. The van der Waals surface area contributed by atoms with Crippen molar-refractivity contribution in [2.24, 2.45) is 0 Å². The predicted octanol–water partition coefficient (Wildman–Crippen LogP) is 4.89. The summed E-state index contributed by atoms with van der Waals surface area (Å²) in [6.07, 6.45) is 12.9. The number of piperidine rings is 1. The van der Waals surface area contributed by atoms with E-state index in [1.807, 2.05) is 6.92 Å². The van der Waals surface area contributed by atoms with Gasteiger partial charge < -0.3 is 9.84 Å². The van der Waals surface area contributed by atoms with E-state index in [0.717, 1.165) is 43.9 Å². The van der Waals surface area contributed by atoms with Gasteiger partial charge in [0.25, 0.3) is 0 Å². The molecule has 1 N–H and O–H groups in total. The maximum Gasteiger partial charge on any atom is 0.0898 e. The van der Waals surface area contributed by atoms with Gasteiger partial charge in [-0.05, 0) is 69.4 Å². The second-order valence-electron chi connectivity index (χ2n) is 8.73. The van der Waals surface area contributed by atoms with E-state index in [-0.39, 0.29) is 0 Å². The minimum atomic E-state index is -0.673. The first-order chi connectivity index (χ1) is 13.2. The van der Waals surface area contributed by atoms with Crippen molar-refractivity contribution in [2.45, 2.75) is 82.5 Å². The van der Waals surface area contributed by atoms with Crippen LogP contribution in [0.5, 0.6) is 0 Å². The summed E-state index contributed by atoms with van der Waals surface area (Å²) in [5.41, 5.74) is 3.25. The van der Waals surface area contributed by atoms with Gasteiger partial charge in [-0.1, -0.05) is 42.3 Å². The highest BCUT2D eigenvalue weighted by molar-refractivity contribution is 5.54. The molecule has 3 heteroatoms. The number of hydrogen-bond acceptors (Lipinski definition) is 3. The van der Waals surface area contributed by atoms with E-state index in [9.17, 15) is 5.11 Å². The lowest BCUT2D eigenvalue weighted by Crippen LogP contribution is -2.43. The topological polar surface area (TPSA) is 32.7 Å². The number of aliphatic hydroxyl groups is 1. The molecule has 0 unspecified atom stereocenters. The van der Waals surface area contributed by atoms with Crippen LogP contribution >= 0.6 is 0 Å². The van der Waals surface area contributed by atoms with Crippen LogP contribution in [-0.2, 0) is 10.3 Å². The van der Waals surface area contributed by atoms with Crippen molar-refractivity contribution in [3.8, 4) is 0 Å². The Morgan fingerprint density at radius 1 is 1.07 bits per heavy atom. The fourth-order valence-electron chi connectivity index (χ4n) is 4.96. The smallest absolute Gasteiger partial charge is 0.0898 e. The summed E-state index contributed by atoms with van der Waals surface area (Å²) in [6, 6.07) is 9.53. The van der Waals surface area contributed by atoms with Crippen molar-refractivity contribution in [1.82, 2.24) is 4.90 Å². The van der Waals surface area contributed by atoms with E-state index in [1.165, 1.54) is 50.8 Å². The Morgan fingerprint density at radius 3 is 2.30 bits per heavy atom. The van der Waals surface area contributed by atoms with Gasteiger partial charge in [0.2, 0.25) is 0 Å². The van der Waals surface area contributed by atoms with E-state index in [4.69, 9.17) is 4.74 Å². The molecule has 27 heavy (non-hydrogen) atoms. The third kappa shape index (κ3) is 4.47. The van der Waals surface area contributed by atoms with Crippen LogP contribution in [-0.4, -0.2) is 41.8 Å². The summed E-state index contributed by atoms with van der Waals surface area (Å²) in [5.74, 6) is 0. The lowest BCUT2D eigenvalue weighted by atomic mass is 9.78. The quantitative estimate of drug-likeness (QED) is 0.802. The van der Waals surface area contributed by atoms with Gasteiger partial charge in [-0.25, -0.2) is 0 Å². The molecular weight excluding hydrogens is 334 g/mol. The Morgan fingerprint density at radius 2 is 1.74 bits per heavy atom. The Balaban J connectivity index is 1.34. The molecule has 4 rings (SSSR count). The second kappa shape index (κ2) is 8.46. The van der Waals surface area contributed by atoms with Gasteiger partial charge in [0.15, 0.2) is 0 Å². The molecule has 0 amide bonds. The van der Waals surface area contributed by atoms with E-state index in [2.05, 4.69) is 35.2 Å². The summed E-state index contributed by atoms with van der Waals surface area (Å²) in [5, 5.41) is 11.1. The summed E-state index contributed by atoms with van der Waals surface area (Å²) >= 11 is 0. The summed E-state index contributed by atoms with van der Waals surface area (Å²) in [4.78, 5) is 2.69. The molecule has 3 aliphatic rings. The van der Waals surface area contributed by atoms with Crippen LogP contribution in [0.4, 0.5) is 0 Å². The van der Waals surface area contributed by atoms with Gasteiger partial charge in [-0.3, -0.25) is 4.90 Å². The molecule has 3 fully saturated rings. The molecule has 0 aromatic heterocycles. The molecule has 1 aliphatic heterocycles. The molecule has 0 radical (unpaired) electrons. The average molecular weight is 370 g/mol. The molecule has 148 valence electrons. The Labute approximate surface area is 164 Å². The average Bonchev–Trinajstić information content (AvgIpc) is 2.65. The van der Waals surface area contributed by atoms with E-state index >= 15 is 0 Å². The number of rotatable bonds is 5. The molecule has 1 aromatic carbocycles. The second-order valence-corrected chi connectivity index (χ2v) is 8.73. The zero-order valence-electron chi connectivity index (χ0n) is 16.8. The molecule has 3 nitrogen and oxygen atoms in total. The Kier molecular flexibility index (Phi) is 6.01. The summed E-state index contributed by atoms with van der Waals surface area (Å²) in [6.45, 7) is 5.28. The Hall–Kier alpha value is -1.16. The van der Waals surface area contributed by atoms with Crippen LogP contribution in [0.15, 0.2) is 29.8 Å². The highest BCUT2D eigenvalue weighted by Crippen LogP contribution is 2.38. The molecule has 1 saturated heterocycles. The molecule has 0 bridgehead atoms. The van der Waals surface area contributed by atoms with Crippen LogP contribution in [0.3, 0.4) is 0 Å². The molecular formula is C24H35NO2. The molecule has 0 atom stereocenters. The fourth-order valence-corrected chi connectivity index (χ4v) is 4.96. The zero-order chi connectivity index (χ0) is 18.7. The Bertz CT molecular complexity index is 629. The molecule has 1 heterocycles. The van der Waals surface area contributed by atoms with Gasteiger partial charge >= 0.3 is 0 Å². The van der Waals surface area contributed by atoms with Crippen LogP contribution in [0.1, 0.15) is 75.8 Å². The van der Waals surface area contributed by atoms with E-state index in [0.29, 0.717) is 6.10 Å². The first kappa shape index (κ1) is 19.2. The van der Waals surface area contributed by atoms with Crippen molar-refractivity contribution in [1.29, 1.82) is 0 Å². The van der Waals surface area contributed by atoms with Crippen molar-refractivity contribution in [3.05, 3.63) is 41.0 Å². The van der Waals surface area contributed by atoms with Crippen molar-refractivity contribution < 1.29 is 9.84 Å². The van der Waals surface area contributed by atoms with Crippen molar-refractivity contribution >= 4 is 6.08 Å². The van der Waals surface area contributed by atoms with Crippen LogP contribution in [0.25, 0.3) is 6.08 Å². The van der Waals surface area contributed by atoms with Crippen LogP contribution in [0, 0.1) is 0 Å². The molecule has 1 aromatic rings. The van der Waals surface area contributed by atoms with Gasteiger partial charge in [-0.2, -0.15) is 0 Å². The highest BCUT2D eigenvalue weighted by Gasteiger charge is 2.35. The highest BCUT2D eigenvalue weighted by atomic mass is 16.5.